The third-order valence-corrected chi connectivity index (χ3v) is 1.69. The summed E-state index contributed by atoms with van der Waals surface area (Å²) in [7, 11) is 0. The number of allylic oxidation sites excluding steroid dienone is 1. The molecule has 0 heterocycles. The molecule has 0 aromatic heterocycles. The van der Waals surface area contributed by atoms with E-state index in [4.69, 9.17) is 24.1 Å². The number of hydrogen-bond acceptors (Lipinski definition) is 5. The molecular formula is C12H20O6. The van der Waals surface area contributed by atoms with E-state index < -0.39 is 5.97 Å². The molecule has 1 N–H and O–H groups in total. The van der Waals surface area contributed by atoms with Crippen LogP contribution in [0.2, 0.25) is 0 Å². The van der Waals surface area contributed by atoms with Crippen LogP contribution in [0.5, 0.6) is 0 Å². The van der Waals surface area contributed by atoms with Crippen molar-refractivity contribution in [3.8, 4) is 0 Å². The summed E-state index contributed by atoms with van der Waals surface area (Å²) in [4.78, 5) is 10.3. The fourth-order valence-corrected chi connectivity index (χ4v) is 0.882. The Morgan fingerprint density at radius 3 is 1.83 bits per heavy atom. The predicted octanol–water partition coefficient (Wildman–Crippen LogP) is 1.18. The summed E-state index contributed by atoms with van der Waals surface area (Å²) in [6.45, 7) is 10.8. The molecule has 0 rings (SSSR count). The molecule has 0 spiro atoms. The summed E-state index contributed by atoms with van der Waals surface area (Å²) in [5, 5.41) is 8.44. The molecule has 0 aliphatic carbocycles. The number of hydrogen-bond donors (Lipinski definition) is 1. The highest BCUT2D eigenvalue weighted by Gasteiger charge is 2.03. The van der Waals surface area contributed by atoms with E-state index in [9.17, 15) is 4.79 Å². The first kappa shape index (κ1) is 16.5. The summed E-state index contributed by atoms with van der Waals surface area (Å²) >= 11 is 0. The van der Waals surface area contributed by atoms with Gasteiger partial charge in [-0.05, 0) is 13.5 Å². The fourth-order valence-electron chi connectivity index (χ4n) is 0.882. The van der Waals surface area contributed by atoms with Crippen LogP contribution >= 0.6 is 0 Å². The van der Waals surface area contributed by atoms with Crippen LogP contribution in [-0.4, -0.2) is 50.7 Å². The lowest BCUT2D eigenvalue weighted by molar-refractivity contribution is -0.136. The van der Waals surface area contributed by atoms with Crippen molar-refractivity contribution in [2.24, 2.45) is 0 Å². The summed E-state index contributed by atoms with van der Waals surface area (Å²) in [5.74, 6) is -0.798. The van der Waals surface area contributed by atoms with Crippen LogP contribution in [0.1, 0.15) is 6.92 Å². The average Bonchev–Trinajstić information content (AvgIpc) is 2.30. The van der Waals surface area contributed by atoms with Gasteiger partial charge >= 0.3 is 5.97 Å². The average molecular weight is 260 g/mol. The Morgan fingerprint density at radius 1 is 0.944 bits per heavy atom. The van der Waals surface area contributed by atoms with Crippen LogP contribution in [0.25, 0.3) is 0 Å². The van der Waals surface area contributed by atoms with E-state index in [1.807, 2.05) is 0 Å². The highest BCUT2D eigenvalue weighted by molar-refractivity contribution is 5.83. The van der Waals surface area contributed by atoms with Crippen LogP contribution in [0.15, 0.2) is 24.7 Å². The third-order valence-electron chi connectivity index (χ3n) is 1.69. The Bertz CT molecular complexity index is 274. The molecule has 0 amide bonds. The number of carbonyl (C=O) groups is 1. The SMILES string of the molecule is C=C(C)OCCOCCOCCOC(=C)C(=O)O. The van der Waals surface area contributed by atoms with E-state index in [0.717, 1.165) is 0 Å². The first-order valence-corrected chi connectivity index (χ1v) is 5.53. The molecule has 18 heavy (non-hydrogen) atoms. The van der Waals surface area contributed by atoms with Crippen molar-refractivity contribution in [2.75, 3.05) is 39.6 Å². The van der Waals surface area contributed by atoms with Gasteiger partial charge in [-0.1, -0.05) is 6.58 Å². The second-order valence-corrected chi connectivity index (χ2v) is 3.35. The third kappa shape index (κ3) is 11.0. The Labute approximate surface area is 107 Å². The molecule has 6 heteroatoms. The molecule has 0 aromatic carbocycles. The molecule has 0 aliphatic rings. The minimum absolute atomic E-state index is 0.157. The van der Waals surface area contributed by atoms with E-state index in [-0.39, 0.29) is 19.0 Å². The van der Waals surface area contributed by atoms with Crippen LogP contribution in [0.3, 0.4) is 0 Å². The molecular weight excluding hydrogens is 240 g/mol. The highest BCUT2D eigenvalue weighted by atomic mass is 16.6. The topological polar surface area (TPSA) is 74.2 Å². The molecule has 0 atom stereocenters. The van der Waals surface area contributed by atoms with Gasteiger partial charge in [0.15, 0.2) is 5.76 Å². The molecule has 0 saturated carbocycles. The maximum atomic E-state index is 10.3. The normalized spacial score (nSPS) is 9.83. The van der Waals surface area contributed by atoms with Crippen molar-refractivity contribution in [3.63, 3.8) is 0 Å². The number of rotatable bonds is 12. The highest BCUT2D eigenvalue weighted by Crippen LogP contribution is 1.93. The second-order valence-electron chi connectivity index (χ2n) is 3.35. The quantitative estimate of drug-likeness (QED) is 0.323. The first-order chi connectivity index (χ1) is 8.54. The number of carboxylic acids is 1. The summed E-state index contributed by atoms with van der Waals surface area (Å²) in [6.07, 6.45) is 0. The van der Waals surface area contributed by atoms with E-state index >= 15 is 0 Å². The Balaban J connectivity index is 3.14. The zero-order valence-electron chi connectivity index (χ0n) is 10.6. The van der Waals surface area contributed by atoms with Crippen molar-refractivity contribution in [2.45, 2.75) is 6.92 Å². The number of carboxylic acid groups (broad SMARTS) is 1. The van der Waals surface area contributed by atoms with Gasteiger partial charge in [-0.15, -0.1) is 0 Å². The van der Waals surface area contributed by atoms with Crippen LogP contribution in [0, 0.1) is 0 Å². The van der Waals surface area contributed by atoms with Gasteiger partial charge in [0.05, 0.1) is 32.2 Å². The summed E-state index contributed by atoms with van der Waals surface area (Å²) in [6, 6.07) is 0. The minimum atomic E-state index is -1.17. The van der Waals surface area contributed by atoms with Gasteiger partial charge in [-0.3, -0.25) is 0 Å². The van der Waals surface area contributed by atoms with Crippen molar-refractivity contribution >= 4 is 5.97 Å². The standard InChI is InChI=1S/C12H20O6/c1-10(2)17-8-6-15-4-5-16-7-9-18-11(3)12(13)14/h1,3-9H2,2H3,(H,13,14). The predicted molar refractivity (Wildman–Crippen MR) is 65.1 cm³/mol. The molecule has 0 fully saturated rings. The Hall–Kier alpha value is -1.53. The van der Waals surface area contributed by atoms with Crippen molar-refractivity contribution < 1.29 is 28.8 Å². The smallest absolute Gasteiger partial charge is 0.370 e. The zero-order chi connectivity index (χ0) is 13.8. The van der Waals surface area contributed by atoms with Gasteiger partial charge < -0.3 is 24.1 Å². The molecule has 104 valence electrons. The maximum absolute atomic E-state index is 10.3. The Kier molecular flexibility index (Phi) is 9.71. The zero-order valence-corrected chi connectivity index (χ0v) is 10.6. The van der Waals surface area contributed by atoms with Crippen molar-refractivity contribution in [1.29, 1.82) is 0 Å². The summed E-state index contributed by atoms with van der Waals surface area (Å²) < 4.78 is 20.2. The largest absolute Gasteiger partial charge is 0.496 e. The summed E-state index contributed by atoms with van der Waals surface area (Å²) in [5.41, 5.74) is 0. The molecule has 6 nitrogen and oxygen atoms in total. The van der Waals surface area contributed by atoms with Gasteiger partial charge in [0.2, 0.25) is 0 Å². The van der Waals surface area contributed by atoms with E-state index in [1.54, 1.807) is 6.92 Å². The number of aliphatic carboxylic acids is 1. The lowest BCUT2D eigenvalue weighted by atomic mass is 10.6. The van der Waals surface area contributed by atoms with E-state index in [2.05, 4.69) is 13.2 Å². The van der Waals surface area contributed by atoms with Crippen LogP contribution < -0.4 is 0 Å². The van der Waals surface area contributed by atoms with Crippen molar-refractivity contribution in [1.82, 2.24) is 0 Å². The molecule has 0 aromatic rings. The first-order valence-electron chi connectivity index (χ1n) is 5.53. The van der Waals surface area contributed by atoms with Gasteiger partial charge in [0.1, 0.15) is 13.2 Å². The molecule has 0 bridgehead atoms. The Morgan fingerprint density at radius 2 is 1.39 bits per heavy atom. The monoisotopic (exact) mass is 260 g/mol. The van der Waals surface area contributed by atoms with Crippen LogP contribution in [0.4, 0.5) is 0 Å². The molecule has 0 radical (unpaired) electrons. The molecule has 0 unspecified atom stereocenters. The van der Waals surface area contributed by atoms with E-state index in [1.165, 1.54) is 0 Å². The van der Waals surface area contributed by atoms with Crippen LogP contribution in [-0.2, 0) is 23.7 Å². The maximum Gasteiger partial charge on any atom is 0.370 e. The molecule has 0 aliphatic heterocycles. The van der Waals surface area contributed by atoms with E-state index in [0.29, 0.717) is 32.2 Å². The van der Waals surface area contributed by atoms with Gasteiger partial charge in [-0.25, -0.2) is 4.79 Å². The lowest BCUT2D eigenvalue weighted by Crippen LogP contribution is -2.12. The number of ether oxygens (including phenoxy) is 4. The van der Waals surface area contributed by atoms with Crippen molar-refractivity contribution in [3.05, 3.63) is 24.7 Å². The molecule has 0 saturated heterocycles. The fraction of sp³-hybridized carbons (Fsp3) is 0.583. The lowest BCUT2D eigenvalue weighted by Gasteiger charge is -2.08. The van der Waals surface area contributed by atoms with Gasteiger partial charge in [0, 0.05) is 0 Å². The van der Waals surface area contributed by atoms with Gasteiger partial charge in [-0.2, -0.15) is 0 Å². The van der Waals surface area contributed by atoms with Gasteiger partial charge in [0.25, 0.3) is 0 Å². The second kappa shape index (κ2) is 10.6. The minimum Gasteiger partial charge on any atom is -0.496 e.